The zero-order valence-electron chi connectivity index (χ0n) is 7.72. The first kappa shape index (κ1) is 8.91. The van der Waals surface area contributed by atoms with E-state index >= 15 is 0 Å². The number of aliphatic hydroxyl groups excluding tert-OH is 1. The molecular weight excluding hydrogens is 174 g/mol. The molecule has 0 saturated heterocycles. The minimum absolute atomic E-state index is 0.0623. The molecule has 0 aliphatic carbocycles. The molecule has 0 unspecified atom stereocenters. The fraction of sp³-hybridized carbons (Fsp3) is 0.0833. The van der Waals surface area contributed by atoms with Crippen molar-refractivity contribution in [1.29, 1.82) is 0 Å². The summed E-state index contributed by atoms with van der Waals surface area (Å²) in [5.74, 6) is 0. The molecule has 0 radical (unpaired) electrons. The third kappa shape index (κ3) is 1.80. The SMILES string of the molecule is OCC=Cc1cnc2ccccc2c1. The Morgan fingerprint density at radius 3 is 3.00 bits per heavy atom. The Kier molecular flexibility index (Phi) is 2.56. The van der Waals surface area contributed by atoms with Gasteiger partial charge in [0.15, 0.2) is 0 Å². The van der Waals surface area contributed by atoms with Crippen molar-refractivity contribution >= 4 is 17.0 Å². The van der Waals surface area contributed by atoms with Crippen LogP contribution in [-0.2, 0) is 0 Å². The summed E-state index contributed by atoms with van der Waals surface area (Å²) in [6.45, 7) is 0.0623. The van der Waals surface area contributed by atoms with Crippen molar-refractivity contribution in [3.8, 4) is 0 Å². The monoisotopic (exact) mass is 185 g/mol. The largest absolute Gasteiger partial charge is 0.392 e. The van der Waals surface area contributed by atoms with Crippen LogP contribution in [0.25, 0.3) is 17.0 Å². The predicted octanol–water partition coefficient (Wildman–Crippen LogP) is 2.24. The maximum absolute atomic E-state index is 8.63. The second-order valence-electron chi connectivity index (χ2n) is 3.05. The van der Waals surface area contributed by atoms with Crippen molar-refractivity contribution in [2.75, 3.05) is 6.61 Å². The molecule has 0 fully saturated rings. The normalized spacial score (nSPS) is 11.2. The van der Waals surface area contributed by atoms with Crippen LogP contribution in [0.1, 0.15) is 5.56 Å². The zero-order valence-corrected chi connectivity index (χ0v) is 7.72. The third-order valence-corrected chi connectivity index (χ3v) is 2.03. The molecule has 0 amide bonds. The van der Waals surface area contributed by atoms with Gasteiger partial charge in [0, 0.05) is 11.6 Å². The highest BCUT2D eigenvalue weighted by atomic mass is 16.2. The lowest BCUT2D eigenvalue weighted by Crippen LogP contribution is -1.80. The van der Waals surface area contributed by atoms with Crippen molar-refractivity contribution < 1.29 is 5.11 Å². The van der Waals surface area contributed by atoms with Crippen molar-refractivity contribution in [1.82, 2.24) is 4.98 Å². The van der Waals surface area contributed by atoms with E-state index in [0.29, 0.717) is 0 Å². The van der Waals surface area contributed by atoms with Gasteiger partial charge >= 0.3 is 0 Å². The van der Waals surface area contributed by atoms with Crippen LogP contribution >= 0.6 is 0 Å². The zero-order chi connectivity index (χ0) is 9.80. The molecule has 14 heavy (non-hydrogen) atoms. The molecule has 2 heteroatoms. The first-order valence-electron chi connectivity index (χ1n) is 4.52. The molecule has 0 spiro atoms. The second-order valence-corrected chi connectivity index (χ2v) is 3.05. The molecule has 1 heterocycles. The summed E-state index contributed by atoms with van der Waals surface area (Å²) < 4.78 is 0. The summed E-state index contributed by atoms with van der Waals surface area (Å²) >= 11 is 0. The van der Waals surface area contributed by atoms with Gasteiger partial charge in [-0.1, -0.05) is 30.4 Å². The summed E-state index contributed by atoms with van der Waals surface area (Å²) in [7, 11) is 0. The van der Waals surface area contributed by atoms with Crippen molar-refractivity contribution in [2.45, 2.75) is 0 Å². The first-order chi connectivity index (χ1) is 6.90. The van der Waals surface area contributed by atoms with Crippen LogP contribution in [0.2, 0.25) is 0 Å². The van der Waals surface area contributed by atoms with E-state index in [0.717, 1.165) is 16.5 Å². The van der Waals surface area contributed by atoms with E-state index in [4.69, 9.17) is 5.11 Å². The van der Waals surface area contributed by atoms with Crippen molar-refractivity contribution in [3.05, 3.63) is 48.2 Å². The Morgan fingerprint density at radius 2 is 2.14 bits per heavy atom. The Labute approximate surface area is 82.5 Å². The van der Waals surface area contributed by atoms with Crippen molar-refractivity contribution in [2.24, 2.45) is 0 Å². The van der Waals surface area contributed by atoms with Crippen LogP contribution < -0.4 is 0 Å². The van der Waals surface area contributed by atoms with E-state index in [1.807, 2.05) is 30.3 Å². The van der Waals surface area contributed by atoms with Gasteiger partial charge in [-0.25, -0.2) is 0 Å². The first-order valence-corrected chi connectivity index (χ1v) is 4.52. The maximum atomic E-state index is 8.63. The topological polar surface area (TPSA) is 33.1 Å². The number of rotatable bonds is 2. The van der Waals surface area contributed by atoms with Gasteiger partial charge in [0.1, 0.15) is 0 Å². The summed E-state index contributed by atoms with van der Waals surface area (Å²) in [6.07, 6.45) is 5.36. The van der Waals surface area contributed by atoms with Crippen LogP contribution in [0, 0.1) is 0 Å². The van der Waals surface area contributed by atoms with E-state index in [1.165, 1.54) is 0 Å². The lowest BCUT2D eigenvalue weighted by molar-refractivity contribution is 0.343. The number of aromatic nitrogens is 1. The molecule has 2 rings (SSSR count). The van der Waals surface area contributed by atoms with Crippen LogP contribution in [0.4, 0.5) is 0 Å². The number of pyridine rings is 1. The van der Waals surface area contributed by atoms with Gasteiger partial charge in [0.25, 0.3) is 0 Å². The number of hydrogen-bond donors (Lipinski definition) is 1. The van der Waals surface area contributed by atoms with E-state index in [1.54, 1.807) is 12.3 Å². The lowest BCUT2D eigenvalue weighted by Gasteiger charge is -1.97. The van der Waals surface area contributed by atoms with Crippen LogP contribution in [0.15, 0.2) is 42.6 Å². The average Bonchev–Trinajstić information content (AvgIpc) is 2.26. The van der Waals surface area contributed by atoms with Crippen molar-refractivity contribution in [3.63, 3.8) is 0 Å². The van der Waals surface area contributed by atoms with E-state index in [-0.39, 0.29) is 6.61 Å². The molecule has 0 saturated carbocycles. The van der Waals surface area contributed by atoms with Gasteiger partial charge < -0.3 is 5.11 Å². The van der Waals surface area contributed by atoms with Crippen LogP contribution in [0.3, 0.4) is 0 Å². The predicted molar refractivity (Wildman–Crippen MR) is 57.9 cm³/mol. The quantitative estimate of drug-likeness (QED) is 0.778. The molecule has 0 bridgehead atoms. The Morgan fingerprint density at radius 1 is 1.29 bits per heavy atom. The second kappa shape index (κ2) is 4.03. The molecular formula is C12H11NO. The Bertz CT molecular complexity index is 463. The standard InChI is InChI=1S/C12H11NO/c14-7-3-4-10-8-11-5-1-2-6-12(11)13-9-10/h1-6,8-9,14H,7H2. The van der Waals surface area contributed by atoms with Gasteiger partial charge in [-0.05, 0) is 17.7 Å². The van der Waals surface area contributed by atoms with E-state index < -0.39 is 0 Å². The molecule has 1 aromatic carbocycles. The molecule has 0 atom stereocenters. The van der Waals surface area contributed by atoms with E-state index in [2.05, 4.69) is 11.1 Å². The number of fused-ring (bicyclic) bond motifs is 1. The molecule has 2 nitrogen and oxygen atoms in total. The molecule has 0 aliphatic rings. The summed E-state index contributed by atoms with van der Waals surface area (Å²) in [5.41, 5.74) is 2.01. The molecule has 1 aromatic heterocycles. The highest BCUT2D eigenvalue weighted by Gasteiger charge is 1.93. The molecule has 2 aromatic rings. The fourth-order valence-corrected chi connectivity index (χ4v) is 1.37. The number of nitrogens with zero attached hydrogens (tertiary/aromatic N) is 1. The highest BCUT2D eigenvalue weighted by molar-refractivity contribution is 5.80. The molecule has 1 N–H and O–H groups in total. The summed E-state index contributed by atoms with van der Waals surface area (Å²) in [5, 5.41) is 9.75. The van der Waals surface area contributed by atoms with Gasteiger partial charge in [-0.2, -0.15) is 0 Å². The Balaban J connectivity index is 2.46. The van der Waals surface area contributed by atoms with Gasteiger partial charge in [0.05, 0.1) is 12.1 Å². The van der Waals surface area contributed by atoms with Crippen LogP contribution in [-0.4, -0.2) is 16.7 Å². The highest BCUT2D eigenvalue weighted by Crippen LogP contribution is 2.13. The van der Waals surface area contributed by atoms with E-state index in [9.17, 15) is 0 Å². The minimum atomic E-state index is 0.0623. The number of benzene rings is 1. The maximum Gasteiger partial charge on any atom is 0.0702 e. The van der Waals surface area contributed by atoms with Crippen LogP contribution in [0.5, 0.6) is 0 Å². The average molecular weight is 185 g/mol. The van der Waals surface area contributed by atoms with Gasteiger partial charge in [0.2, 0.25) is 0 Å². The fourth-order valence-electron chi connectivity index (χ4n) is 1.37. The summed E-state index contributed by atoms with van der Waals surface area (Å²) in [6, 6.07) is 10.0. The van der Waals surface area contributed by atoms with Gasteiger partial charge in [-0.3, -0.25) is 4.98 Å². The lowest BCUT2D eigenvalue weighted by atomic mass is 10.1. The van der Waals surface area contributed by atoms with Gasteiger partial charge in [-0.15, -0.1) is 0 Å². The molecule has 70 valence electrons. The number of hydrogen-bond acceptors (Lipinski definition) is 2. The number of para-hydroxylation sites is 1. The smallest absolute Gasteiger partial charge is 0.0702 e. The third-order valence-electron chi connectivity index (χ3n) is 2.03. The Hall–Kier alpha value is -1.67. The summed E-state index contributed by atoms with van der Waals surface area (Å²) in [4.78, 5) is 4.30. The minimum Gasteiger partial charge on any atom is -0.392 e. The molecule has 0 aliphatic heterocycles. The number of aliphatic hydroxyl groups is 1.